The average Bonchev–Trinajstić information content (AvgIpc) is 3.09. The van der Waals surface area contributed by atoms with Crippen molar-refractivity contribution < 1.29 is 24.6 Å². The smallest absolute Gasteiger partial charge is 0.326 e. The maximum absolute atomic E-state index is 12.5. The number of hydrogen-bond acceptors (Lipinski definition) is 5. The predicted molar refractivity (Wildman–Crippen MR) is 89.5 cm³/mol. The number of carbonyl (C=O) groups is 3. The Balaban J connectivity index is 1.97. The van der Waals surface area contributed by atoms with Gasteiger partial charge >= 0.3 is 5.97 Å². The Morgan fingerprint density at radius 1 is 1.28 bits per heavy atom. The number of hydrogen-bond donors (Lipinski definition) is 4. The van der Waals surface area contributed by atoms with Gasteiger partial charge in [0.15, 0.2) is 0 Å². The van der Waals surface area contributed by atoms with Crippen molar-refractivity contribution in [2.45, 2.75) is 37.4 Å². The number of nitrogens with zero attached hydrogens (tertiary/aromatic N) is 1. The molecule has 8 heteroatoms. The van der Waals surface area contributed by atoms with Crippen molar-refractivity contribution in [1.29, 1.82) is 0 Å². The molecule has 1 aromatic rings. The minimum atomic E-state index is -1.20. The van der Waals surface area contributed by atoms with Gasteiger partial charge in [0, 0.05) is 6.54 Å². The molecule has 1 saturated heterocycles. The molecule has 0 unspecified atom stereocenters. The third-order valence-electron chi connectivity index (χ3n) is 4.25. The molecule has 3 atom stereocenters. The quantitative estimate of drug-likeness (QED) is 0.505. The highest BCUT2D eigenvalue weighted by molar-refractivity contribution is 5.92. The summed E-state index contributed by atoms with van der Waals surface area (Å²) in [4.78, 5) is 37.1. The molecule has 1 fully saturated rings. The van der Waals surface area contributed by atoms with Crippen molar-refractivity contribution in [2.24, 2.45) is 5.73 Å². The molecule has 1 heterocycles. The van der Waals surface area contributed by atoms with E-state index in [2.05, 4.69) is 5.32 Å². The van der Waals surface area contributed by atoms with E-state index in [1.807, 2.05) is 30.3 Å². The van der Waals surface area contributed by atoms with Crippen molar-refractivity contribution in [3.05, 3.63) is 35.9 Å². The van der Waals surface area contributed by atoms with E-state index < -0.39 is 42.5 Å². The van der Waals surface area contributed by atoms with Crippen molar-refractivity contribution >= 4 is 17.8 Å². The van der Waals surface area contributed by atoms with Gasteiger partial charge in [-0.3, -0.25) is 9.59 Å². The zero-order valence-electron chi connectivity index (χ0n) is 13.8. The second-order valence-corrected chi connectivity index (χ2v) is 6.07. The normalized spacial score (nSPS) is 19.3. The maximum atomic E-state index is 12.5. The highest BCUT2D eigenvalue weighted by atomic mass is 16.4. The van der Waals surface area contributed by atoms with Crippen LogP contribution in [0.5, 0.6) is 0 Å². The van der Waals surface area contributed by atoms with Gasteiger partial charge in [-0.05, 0) is 24.8 Å². The van der Waals surface area contributed by atoms with Crippen LogP contribution in [0.3, 0.4) is 0 Å². The number of nitrogens with one attached hydrogen (secondary N) is 1. The van der Waals surface area contributed by atoms with Crippen LogP contribution in [0.2, 0.25) is 0 Å². The third kappa shape index (κ3) is 4.77. The highest BCUT2D eigenvalue weighted by Gasteiger charge is 2.37. The van der Waals surface area contributed by atoms with Gasteiger partial charge in [0.05, 0.1) is 12.6 Å². The van der Waals surface area contributed by atoms with Gasteiger partial charge in [0.1, 0.15) is 12.1 Å². The maximum Gasteiger partial charge on any atom is 0.326 e. The second kappa shape index (κ2) is 8.59. The molecule has 8 nitrogen and oxygen atoms in total. The number of nitrogens with two attached hydrogens (primary N) is 1. The van der Waals surface area contributed by atoms with E-state index in [4.69, 9.17) is 10.8 Å². The monoisotopic (exact) mass is 349 g/mol. The Morgan fingerprint density at radius 2 is 1.96 bits per heavy atom. The summed E-state index contributed by atoms with van der Waals surface area (Å²) in [7, 11) is 0. The van der Waals surface area contributed by atoms with Crippen LogP contribution in [0.25, 0.3) is 0 Å². The topological polar surface area (TPSA) is 133 Å². The lowest BCUT2D eigenvalue weighted by molar-refractivity contribution is -0.149. The number of likely N-dealkylation sites (tertiary alicyclic amines) is 1. The van der Waals surface area contributed by atoms with Crippen LogP contribution in [-0.4, -0.2) is 64.2 Å². The van der Waals surface area contributed by atoms with Crippen LogP contribution in [-0.2, 0) is 20.8 Å². The fourth-order valence-corrected chi connectivity index (χ4v) is 2.91. The molecule has 25 heavy (non-hydrogen) atoms. The van der Waals surface area contributed by atoms with E-state index in [9.17, 15) is 19.5 Å². The first-order chi connectivity index (χ1) is 11.9. The van der Waals surface area contributed by atoms with Crippen LogP contribution in [0.1, 0.15) is 18.4 Å². The number of carboxylic acids is 1. The fourth-order valence-electron chi connectivity index (χ4n) is 2.91. The number of carboxylic acid groups (broad SMARTS) is 1. The average molecular weight is 349 g/mol. The Kier molecular flexibility index (Phi) is 6.49. The summed E-state index contributed by atoms with van der Waals surface area (Å²) in [6.45, 7) is -0.330. The summed E-state index contributed by atoms with van der Waals surface area (Å²) in [5.74, 6) is -2.26. The van der Waals surface area contributed by atoms with Crippen molar-refractivity contribution in [1.82, 2.24) is 10.2 Å². The molecule has 136 valence electrons. The van der Waals surface area contributed by atoms with Crippen LogP contribution in [0.4, 0.5) is 0 Å². The molecule has 0 radical (unpaired) electrons. The van der Waals surface area contributed by atoms with Crippen LogP contribution in [0, 0.1) is 0 Å². The molecular formula is C17H23N3O5. The standard InChI is InChI=1S/C17H23N3O5/c18-12(9-11-5-2-1-3-6-11)15(22)19-13(10-21)16(23)20-8-4-7-14(20)17(24)25/h1-3,5-6,12-14,21H,4,7-10,18H2,(H,19,22)(H,24,25)/t12-,13-,14-/m0/s1. The molecule has 5 N–H and O–H groups in total. The lowest BCUT2D eigenvalue weighted by Crippen LogP contribution is -2.56. The molecule has 2 rings (SSSR count). The number of aliphatic carboxylic acids is 1. The Hall–Kier alpha value is -2.45. The summed E-state index contributed by atoms with van der Waals surface area (Å²) >= 11 is 0. The number of rotatable bonds is 7. The van der Waals surface area contributed by atoms with E-state index in [1.165, 1.54) is 4.90 Å². The van der Waals surface area contributed by atoms with Crippen LogP contribution in [0.15, 0.2) is 30.3 Å². The molecule has 0 spiro atoms. The van der Waals surface area contributed by atoms with E-state index in [1.54, 1.807) is 0 Å². The first-order valence-electron chi connectivity index (χ1n) is 8.18. The minimum absolute atomic E-state index is 0.290. The summed E-state index contributed by atoms with van der Waals surface area (Å²) < 4.78 is 0. The van der Waals surface area contributed by atoms with Crippen LogP contribution >= 0.6 is 0 Å². The number of aliphatic hydroxyl groups is 1. The van der Waals surface area contributed by atoms with Gasteiger partial charge in [-0.15, -0.1) is 0 Å². The Morgan fingerprint density at radius 3 is 2.56 bits per heavy atom. The summed E-state index contributed by atoms with van der Waals surface area (Å²) in [6, 6.07) is 6.19. The Labute approximate surface area is 145 Å². The molecular weight excluding hydrogens is 326 g/mol. The SMILES string of the molecule is N[C@@H](Cc1ccccc1)C(=O)N[C@@H](CO)C(=O)N1CCC[C@H]1C(=O)O. The largest absolute Gasteiger partial charge is 0.480 e. The van der Waals surface area contributed by atoms with Crippen molar-refractivity contribution in [3.8, 4) is 0 Å². The van der Waals surface area contributed by atoms with E-state index in [-0.39, 0.29) is 6.54 Å². The van der Waals surface area contributed by atoms with Crippen molar-refractivity contribution in [2.75, 3.05) is 13.2 Å². The summed E-state index contributed by atoms with van der Waals surface area (Å²) in [6.07, 6.45) is 1.23. The zero-order chi connectivity index (χ0) is 18.4. The lowest BCUT2D eigenvalue weighted by atomic mass is 10.1. The molecule has 0 aliphatic carbocycles. The predicted octanol–water partition coefficient (Wildman–Crippen LogP) is -0.891. The first kappa shape index (κ1) is 18.9. The van der Waals surface area contributed by atoms with Gasteiger partial charge in [-0.1, -0.05) is 30.3 Å². The fraction of sp³-hybridized carbons (Fsp3) is 0.471. The number of amides is 2. The molecule has 0 saturated carbocycles. The zero-order valence-corrected chi connectivity index (χ0v) is 13.8. The van der Waals surface area contributed by atoms with Crippen LogP contribution < -0.4 is 11.1 Å². The molecule has 1 aliphatic heterocycles. The minimum Gasteiger partial charge on any atom is -0.480 e. The third-order valence-corrected chi connectivity index (χ3v) is 4.25. The molecule has 0 aromatic heterocycles. The number of benzene rings is 1. The molecule has 1 aliphatic rings. The first-order valence-corrected chi connectivity index (χ1v) is 8.18. The van der Waals surface area contributed by atoms with Gasteiger partial charge in [-0.25, -0.2) is 4.79 Å². The van der Waals surface area contributed by atoms with E-state index in [0.717, 1.165) is 5.56 Å². The van der Waals surface area contributed by atoms with E-state index in [0.29, 0.717) is 19.3 Å². The van der Waals surface area contributed by atoms with Gasteiger partial charge in [0.25, 0.3) is 0 Å². The number of aliphatic hydroxyl groups excluding tert-OH is 1. The van der Waals surface area contributed by atoms with Crippen molar-refractivity contribution in [3.63, 3.8) is 0 Å². The Bertz CT molecular complexity index is 622. The molecule has 0 bridgehead atoms. The summed E-state index contributed by atoms with van der Waals surface area (Å²) in [5, 5.41) is 21.0. The van der Waals surface area contributed by atoms with E-state index >= 15 is 0 Å². The molecule has 2 amide bonds. The highest BCUT2D eigenvalue weighted by Crippen LogP contribution is 2.18. The summed E-state index contributed by atoms with van der Waals surface area (Å²) in [5.41, 5.74) is 6.75. The number of carbonyl (C=O) groups excluding carboxylic acids is 2. The molecule has 1 aromatic carbocycles. The lowest BCUT2D eigenvalue weighted by Gasteiger charge is -2.27. The second-order valence-electron chi connectivity index (χ2n) is 6.07. The van der Waals surface area contributed by atoms with Gasteiger partial charge in [-0.2, -0.15) is 0 Å². The van der Waals surface area contributed by atoms with Gasteiger partial charge < -0.3 is 26.2 Å². The van der Waals surface area contributed by atoms with Gasteiger partial charge in [0.2, 0.25) is 11.8 Å².